The van der Waals surface area contributed by atoms with Gasteiger partial charge in [-0.05, 0) is 52.9 Å². The fourth-order valence-corrected chi connectivity index (χ4v) is 3.02. The first-order valence-electron chi connectivity index (χ1n) is 9.04. The molecule has 0 fully saturated rings. The summed E-state index contributed by atoms with van der Waals surface area (Å²) in [5, 5.41) is 0. The van der Waals surface area contributed by atoms with Crippen molar-refractivity contribution in [1.82, 2.24) is 4.90 Å². The maximum absolute atomic E-state index is 12.4. The Morgan fingerprint density at radius 2 is 1.96 bits per heavy atom. The number of nitrogens with zero attached hydrogens (tertiary/aromatic N) is 1. The number of hydrogen-bond acceptors (Lipinski definition) is 5. The van der Waals surface area contributed by atoms with Crippen molar-refractivity contribution in [2.45, 2.75) is 65.9 Å². The molecule has 142 valence electrons. The van der Waals surface area contributed by atoms with Gasteiger partial charge < -0.3 is 19.2 Å². The Morgan fingerprint density at radius 1 is 1.28 bits per heavy atom. The van der Waals surface area contributed by atoms with Gasteiger partial charge >= 0.3 is 12.1 Å². The van der Waals surface area contributed by atoms with Crippen LogP contribution in [0.3, 0.4) is 0 Å². The summed E-state index contributed by atoms with van der Waals surface area (Å²) < 4.78 is 10.6. The van der Waals surface area contributed by atoms with Crippen LogP contribution in [0.4, 0.5) is 4.79 Å². The summed E-state index contributed by atoms with van der Waals surface area (Å²) >= 11 is 0. The number of ether oxygens (including phenoxy) is 2. The van der Waals surface area contributed by atoms with Crippen LogP contribution in [-0.4, -0.2) is 48.5 Å². The van der Waals surface area contributed by atoms with Gasteiger partial charge in [-0.25, -0.2) is 9.59 Å². The molecule has 0 aromatic heterocycles. The predicted molar refractivity (Wildman–Crippen MR) is 95.2 cm³/mol. The molecule has 6 heteroatoms. The summed E-state index contributed by atoms with van der Waals surface area (Å²) in [6.07, 6.45) is 3.11. The van der Waals surface area contributed by atoms with Crippen LogP contribution in [0, 0.1) is 5.92 Å². The summed E-state index contributed by atoms with van der Waals surface area (Å²) in [4.78, 5) is 37.0. The summed E-state index contributed by atoms with van der Waals surface area (Å²) in [7, 11) is 0. The lowest BCUT2D eigenvalue weighted by atomic mass is 9.84. The second-order valence-corrected chi connectivity index (χ2v) is 7.23. The monoisotopic (exact) mass is 353 g/mol. The van der Waals surface area contributed by atoms with Crippen molar-refractivity contribution in [2.75, 3.05) is 19.7 Å². The number of aldehydes is 1. The molecule has 0 spiro atoms. The topological polar surface area (TPSA) is 72.9 Å². The van der Waals surface area contributed by atoms with Crippen LogP contribution in [0.1, 0.15) is 60.3 Å². The molecule has 0 radical (unpaired) electrons. The Kier molecular flexibility index (Phi) is 8.13. The third-order valence-electron chi connectivity index (χ3n) is 4.18. The lowest BCUT2D eigenvalue weighted by Crippen LogP contribution is -2.42. The molecule has 0 saturated carbocycles. The highest BCUT2D eigenvalue weighted by Crippen LogP contribution is 2.31. The summed E-state index contributed by atoms with van der Waals surface area (Å²) in [5.74, 6) is -0.222. The first kappa shape index (κ1) is 21.2. The van der Waals surface area contributed by atoms with E-state index in [1.54, 1.807) is 11.8 Å². The average molecular weight is 353 g/mol. The highest BCUT2D eigenvalue weighted by Gasteiger charge is 2.32. The Hall–Kier alpha value is -1.85. The standard InChI is InChI=1S/C19H31NO5/c1-6-14(9-8-12-21)15-10-11-20(18(23)25-19(3,4)5)13-16(15)17(22)24-7-2/h12,14H,6-11,13H2,1-5H3/t14-/m1/s1. The third kappa shape index (κ3) is 6.52. The molecule has 1 atom stereocenters. The van der Waals surface area contributed by atoms with Crippen molar-refractivity contribution >= 4 is 18.3 Å². The second-order valence-electron chi connectivity index (χ2n) is 7.23. The van der Waals surface area contributed by atoms with Crippen LogP contribution >= 0.6 is 0 Å². The van der Waals surface area contributed by atoms with Crippen LogP contribution in [0.2, 0.25) is 0 Å². The molecule has 1 aliphatic rings. The number of esters is 1. The van der Waals surface area contributed by atoms with Crippen LogP contribution in [0.15, 0.2) is 11.1 Å². The van der Waals surface area contributed by atoms with Gasteiger partial charge in [0.15, 0.2) is 0 Å². The van der Waals surface area contributed by atoms with E-state index in [1.165, 1.54) is 0 Å². The fraction of sp³-hybridized carbons (Fsp3) is 0.737. The Balaban J connectivity index is 3.04. The van der Waals surface area contributed by atoms with Gasteiger partial charge in [0.05, 0.1) is 18.7 Å². The molecule has 0 aromatic rings. The van der Waals surface area contributed by atoms with Gasteiger partial charge in [0.25, 0.3) is 0 Å². The van der Waals surface area contributed by atoms with Crippen molar-refractivity contribution in [3.8, 4) is 0 Å². The predicted octanol–water partition coefficient (Wildman–Crippen LogP) is 3.49. The van der Waals surface area contributed by atoms with E-state index >= 15 is 0 Å². The van der Waals surface area contributed by atoms with Crippen LogP contribution in [0.25, 0.3) is 0 Å². The first-order valence-corrected chi connectivity index (χ1v) is 9.04. The van der Waals surface area contributed by atoms with E-state index < -0.39 is 11.7 Å². The highest BCUT2D eigenvalue weighted by atomic mass is 16.6. The third-order valence-corrected chi connectivity index (χ3v) is 4.18. The minimum Gasteiger partial charge on any atom is -0.463 e. The molecule has 1 aliphatic heterocycles. The van der Waals surface area contributed by atoms with Gasteiger partial charge in [0, 0.05) is 13.0 Å². The van der Waals surface area contributed by atoms with Gasteiger partial charge in [-0.2, -0.15) is 0 Å². The molecular formula is C19H31NO5. The van der Waals surface area contributed by atoms with Gasteiger partial charge in [-0.3, -0.25) is 0 Å². The van der Waals surface area contributed by atoms with E-state index in [2.05, 4.69) is 0 Å². The molecule has 0 aliphatic carbocycles. The van der Waals surface area contributed by atoms with E-state index in [-0.39, 0.29) is 25.0 Å². The summed E-state index contributed by atoms with van der Waals surface area (Å²) in [5.41, 5.74) is 0.973. The van der Waals surface area contributed by atoms with Crippen molar-refractivity contribution in [2.24, 2.45) is 5.92 Å². The maximum atomic E-state index is 12.4. The molecule has 0 bridgehead atoms. The van der Waals surface area contributed by atoms with Crippen molar-refractivity contribution in [3.63, 3.8) is 0 Å². The lowest BCUT2D eigenvalue weighted by Gasteiger charge is -2.34. The zero-order valence-corrected chi connectivity index (χ0v) is 16.1. The zero-order chi connectivity index (χ0) is 19.0. The minimum atomic E-state index is -0.582. The van der Waals surface area contributed by atoms with E-state index in [9.17, 15) is 14.4 Å². The molecule has 0 saturated heterocycles. The van der Waals surface area contributed by atoms with Gasteiger partial charge in [0.2, 0.25) is 0 Å². The molecule has 6 nitrogen and oxygen atoms in total. The molecule has 1 rings (SSSR count). The molecule has 25 heavy (non-hydrogen) atoms. The lowest BCUT2D eigenvalue weighted by molar-refractivity contribution is -0.139. The smallest absolute Gasteiger partial charge is 0.410 e. The molecule has 1 amide bonds. The van der Waals surface area contributed by atoms with Crippen LogP contribution < -0.4 is 0 Å². The second kappa shape index (κ2) is 9.59. The zero-order valence-electron chi connectivity index (χ0n) is 16.1. The Labute approximate surface area is 150 Å². The Morgan fingerprint density at radius 3 is 2.48 bits per heavy atom. The molecule has 0 N–H and O–H groups in total. The minimum absolute atomic E-state index is 0.158. The van der Waals surface area contributed by atoms with E-state index in [0.717, 1.165) is 18.3 Å². The van der Waals surface area contributed by atoms with E-state index in [4.69, 9.17) is 9.47 Å². The van der Waals surface area contributed by atoms with Gasteiger partial charge in [0.1, 0.15) is 11.9 Å². The largest absolute Gasteiger partial charge is 0.463 e. The normalized spacial score (nSPS) is 16.4. The van der Waals surface area contributed by atoms with E-state index in [0.29, 0.717) is 31.4 Å². The number of amides is 1. The summed E-state index contributed by atoms with van der Waals surface area (Å²) in [6.45, 7) is 10.2. The van der Waals surface area contributed by atoms with Crippen molar-refractivity contribution in [3.05, 3.63) is 11.1 Å². The highest BCUT2D eigenvalue weighted by molar-refractivity contribution is 5.91. The van der Waals surface area contributed by atoms with E-state index in [1.807, 2.05) is 27.7 Å². The summed E-state index contributed by atoms with van der Waals surface area (Å²) in [6, 6.07) is 0. The van der Waals surface area contributed by atoms with Gasteiger partial charge in [-0.1, -0.05) is 12.5 Å². The molecule has 1 heterocycles. The quantitative estimate of drug-likeness (QED) is 0.517. The van der Waals surface area contributed by atoms with Crippen molar-refractivity contribution < 1.29 is 23.9 Å². The average Bonchev–Trinajstić information content (AvgIpc) is 2.54. The van der Waals surface area contributed by atoms with Gasteiger partial charge in [-0.15, -0.1) is 0 Å². The number of hydrogen-bond donors (Lipinski definition) is 0. The number of carbonyl (C=O) groups excluding carboxylic acids is 3. The van der Waals surface area contributed by atoms with Crippen molar-refractivity contribution in [1.29, 1.82) is 0 Å². The molecule has 0 aromatic carbocycles. The van der Waals surface area contributed by atoms with Crippen LogP contribution in [0.5, 0.6) is 0 Å². The molecular weight excluding hydrogens is 322 g/mol. The SMILES string of the molecule is CCOC(=O)C1=C([C@H](CC)CCC=O)CCN(C(=O)OC(C)(C)C)C1. The fourth-order valence-electron chi connectivity index (χ4n) is 3.02. The van der Waals surface area contributed by atoms with Crippen LogP contribution in [-0.2, 0) is 19.1 Å². The molecule has 0 unspecified atom stereocenters. The number of carbonyl (C=O) groups is 3. The maximum Gasteiger partial charge on any atom is 0.410 e. The number of rotatable bonds is 7. The Bertz CT molecular complexity index is 518. The first-order chi connectivity index (χ1) is 11.7.